The van der Waals surface area contributed by atoms with Crippen LogP contribution in [0.15, 0.2) is 53.4 Å². The minimum Gasteiger partial charge on any atom is -0.497 e. The van der Waals surface area contributed by atoms with E-state index >= 15 is 0 Å². The summed E-state index contributed by atoms with van der Waals surface area (Å²) in [5.41, 5.74) is 1.50. The first-order valence-corrected chi connectivity index (χ1v) is 11.3. The Hall–Kier alpha value is -2.71. The highest BCUT2D eigenvalue weighted by Gasteiger charge is 2.29. The molecule has 1 unspecified atom stereocenters. The zero-order valence-electron chi connectivity index (χ0n) is 17.1. The van der Waals surface area contributed by atoms with Gasteiger partial charge in [0.2, 0.25) is 15.9 Å². The van der Waals surface area contributed by atoms with Gasteiger partial charge in [-0.1, -0.05) is 24.3 Å². The van der Waals surface area contributed by atoms with Crippen LogP contribution in [0.4, 0.5) is 0 Å². The number of nitrogens with one attached hydrogen (secondary N) is 1. The number of Topliss-reactive ketones (excluding diaryl/α,β-unsaturated/α-hetero) is 1. The fraction of sp³-hybridized carbons (Fsp3) is 0.364. The van der Waals surface area contributed by atoms with Crippen LogP contribution in [-0.2, 0) is 14.8 Å². The molecule has 7 nitrogen and oxygen atoms in total. The van der Waals surface area contributed by atoms with Gasteiger partial charge < -0.3 is 9.64 Å². The summed E-state index contributed by atoms with van der Waals surface area (Å²) in [6.07, 6.45) is 1.88. The first kappa shape index (κ1) is 22.0. The Morgan fingerprint density at radius 2 is 1.77 bits per heavy atom. The molecular formula is C22H26N2O5S. The van der Waals surface area contributed by atoms with E-state index in [0.29, 0.717) is 12.1 Å². The van der Waals surface area contributed by atoms with E-state index in [4.69, 9.17) is 4.74 Å². The second kappa shape index (κ2) is 9.40. The Bertz CT molecular complexity index is 1000. The van der Waals surface area contributed by atoms with E-state index in [0.717, 1.165) is 24.2 Å². The summed E-state index contributed by atoms with van der Waals surface area (Å²) < 4.78 is 32.5. The summed E-state index contributed by atoms with van der Waals surface area (Å²) in [6, 6.07) is 13.4. The van der Waals surface area contributed by atoms with Crippen LogP contribution in [0.25, 0.3) is 0 Å². The van der Waals surface area contributed by atoms with Crippen molar-refractivity contribution in [1.29, 1.82) is 0 Å². The third kappa shape index (κ3) is 5.06. The van der Waals surface area contributed by atoms with Gasteiger partial charge in [0.25, 0.3) is 0 Å². The fourth-order valence-electron chi connectivity index (χ4n) is 3.63. The molecule has 2 aromatic carbocycles. The molecule has 1 fully saturated rings. The van der Waals surface area contributed by atoms with Crippen LogP contribution < -0.4 is 9.46 Å². The molecule has 0 aliphatic carbocycles. The van der Waals surface area contributed by atoms with Gasteiger partial charge in [0.15, 0.2) is 5.78 Å². The molecule has 3 rings (SSSR count). The molecule has 160 valence electrons. The van der Waals surface area contributed by atoms with Crippen LogP contribution in [0.5, 0.6) is 5.75 Å². The number of carbonyl (C=O) groups excluding carboxylic acids is 2. The summed E-state index contributed by atoms with van der Waals surface area (Å²) in [4.78, 5) is 25.9. The number of ketones is 1. The molecule has 2 aromatic rings. The van der Waals surface area contributed by atoms with E-state index in [9.17, 15) is 18.0 Å². The molecule has 0 spiro atoms. The molecular weight excluding hydrogens is 404 g/mol. The van der Waals surface area contributed by atoms with Crippen molar-refractivity contribution in [3.63, 3.8) is 0 Å². The molecule has 1 N–H and O–H groups in total. The maximum absolute atomic E-state index is 12.7. The van der Waals surface area contributed by atoms with Crippen molar-refractivity contribution in [3.05, 3.63) is 59.7 Å². The lowest BCUT2D eigenvalue weighted by Gasteiger charge is -2.25. The van der Waals surface area contributed by atoms with Gasteiger partial charge in [-0.15, -0.1) is 0 Å². The number of benzene rings is 2. The van der Waals surface area contributed by atoms with Gasteiger partial charge in [-0.25, -0.2) is 13.1 Å². The number of sulfonamides is 1. The molecule has 0 bridgehead atoms. The molecule has 0 saturated carbocycles. The van der Waals surface area contributed by atoms with Crippen LogP contribution >= 0.6 is 0 Å². The van der Waals surface area contributed by atoms with Gasteiger partial charge in [-0.3, -0.25) is 9.59 Å². The Kier molecular flexibility index (Phi) is 6.89. The molecule has 8 heteroatoms. The highest BCUT2D eigenvalue weighted by molar-refractivity contribution is 7.89. The smallest absolute Gasteiger partial charge is 0.240 e. The monoisotopic (exact) mass is 430 g/mol. The molecule has 30 heavy (non-hydrogen) atoms. The predicted octanol–water partition coefficient (Wildman–Crippen LogP) is 2.93. The second-order valence-corrected chi connectivity index (χ2v) is 9.01. The van der Waals surface area contributed by atoms with Gasteiger partial charge in [0.1, 0.15) is 5.75 Å². The lowest BCUT2D eigenvalue weighted by atomic mass is 10.0. The average Bonchev–Trinajstić information content (AvgIpc) is 3.23. The molecule has 0 aromatic heterocycles. The van der Waals surface area contributed by atoms with Crippen molar-refractivity contribution in [2.24, 2.45) is 0 Å². The van der Waals surface area contributed by atoms with Crippen LogP contribution in [0.2, 0.25) is 0 Å². The van der Waals surface area contributed by atoms with Crippen molar-refractivity contribution in [2.75, 3.05) is 20.2 Å². The van der Waals surface area contributed by atoms with Gasteiger partial charge in [-0.05, 0) is 49.6 Å². The van der Waals surface area contributed by atoms with Crippen molar-refractivity contribution in [3.8, 4) is 5.75 Å². The Balaban J connectivity index is 1.58. The number of methoxy groups -OCH3 is 1. The lowest BCUT2D eigenvalue weighted by Crippen LogP contribution is -2.34. The van der Waals surface area contributed by atoms with Crippen molar-refractivity contribution < 1.29 is 22.7 Å². The number of ether oxygens (including phenoxy) is 1. The Morgan fingerprint density at radius 1 is 1.10 bits per heavy atom. The molecule has 1 aliphatic heterocycles. The summed E-state index contributed by atoms with van der Waals surface area (Å²) in [5.74, 6) is 0.554. The van der Waals surface area contributed by atoms with Crippen LogP contribution in [0, 0.1) is 0 Å². The first-order chi connectivity index (χ1) is 14.3. The quantitative estimate of drug-likeness (QED) is 0.650. The van der Waals surface area contributed by atoms with Crippen LogP contribution in [0.3, 0.4) is 0 Å². The SMILES string of the molecule is COc1ccc(C2CCCN2C(=O)CCNS(=O)(=O)c2ccc(C(C)=O)cc2)cc1. The number of carbonyl (C=O) groups is 2. The minimum atomic E-state index is -3.74. The van der Waals surface area contributed by atoms with E-state index in [2.05, 4.69) is 4.72 Å². The highest BCUT2D eigenvalue weighted by Crippen LogP contribution is 2.33. The van der Waals surface area contributed by atoms with Crippen LogP contribution in [0.1, 0.15) is 48.1 Å². The molecule has 1 aliphatic rings. The minimum absolute atomic E-state index is 0.000798. The number of hydrogen-bond donors (Lipinski definition) is 1. The summed E-state index contributed by atoms with van der Waals surface area (Å²) in [5, 5.41) is 0. The number of hydrogen-bond acceptors (Lipinski definition) is 5. The van der Waals surface area contributed by atoms with E-state index in [1.165, 1.54) is 31.2 Å². The van der Waals surface area contributed by atoms with Gasteiger partial charge in [0.05, 0.1) is 18.0 Å². The average molecular weight is 431 g/mol. The van der Waals surface area contributed by atoms with Crippen LogP contribution in [-0.4, -0.2) is 45.2 Å². The molecule has 1 atom stereocenters. The van der Waals surface area contributed by atoms with E-state index < -0.39 is 10.0 Å². The number of rotatable bonds is 8. The number of likely N-dealkylation sites (tertiary alicyclic amines) is 1. The predicted molar refractivity (Wildman–Crippen MR) is 113 cm³/mol. The fourth-order valence-corrected chi connectivity index (χ4v) is 4.66. The van der Waals surface area contributed by atoms with E-state index in [-0.39, 0.29) is 35.6 Å². The first-order valence-electron chi connectivity index (χ1n) is 9.86. The van der Waals surface area contributed by atoms with E-state index in [1.807, 2.05) is 29.2 Å². The van der Waals surface area contributed by atoms with Crippen molar-refractivity contribution in [2.45, 2.75) is 37.1 Å². The third-order valence-electron chi connectivity index (χ3n) is 5.28. The zero-order chi connectivity index (χ0) is 21.7. The largest absolute Gasteiger partial charge is 0.497 e. The molecule has 1 amide bonds. The normalized spacial score (nSPS) is 16.5. The van der Waals surface area contributed by atoms with Gasteiger partial charge >= 0.3 is 0 Å². The summed E-state index contributed by atoms with van der Waals surface area (Å²) in [6.45, 7) is 2.10. The Labute approximate surface area is 177 Å². The Morgan fingerprint density at radius 3 is 2.37 bits per heavy atom. The summed E-state index contributed by atoms with van der Waals surface area (Å²) >= 11 is 0. The second-order valence-electron chi connectivity index (χ2n) is 7.25. The standard InChI is InChI=1S/C22H26N2O5S/c1-16(25)17-7-11-20(12-8-17)30(27,28)23-14-13-22(26)24-15-3-4-21(24)18-5-9-19(29-2)10-6-18/h5-12,21,23H,3-4,13-15H2,1-2H3. The maximum Gasteiger partial charge on any atom is 0.240 e. The summed E-state index contributed by atoms with van der Waals surface area (Å²) in [7, 11) is -2.13. The maximum atomic E-state index is 12.7. The van der Waals surface area contributed by atoms with E-state index in [1.54, 1.807) is 7.11 Å². The highest BCUT2D eigenvalue weighted by atomic mass is 32.2. The van der Waals surface area contributed by atoms with Crippen molar-refractivity contribution in [1.82, 2.24) is 9.62 Å². The number of nitrogens with zero attached hydrogens (tertiary/aromatic N) is 1. The lowest BCUT2D eigenvalue weighted by molar-refractivity contribution is -0.131. The topological polar surface area (TPSA) is 92.8 Å². The molecule has 1 heterocycles. The van der Waals surface area contributed by atoms with Gasteiger partial charge in [-0.2, -0.15) is 0 Å². The molecule has 0 radical (unpaired) electrons. The zero-order valence-corrected chi connectivity index (χ0v) is 17.9. The van der Waals surface area contributed by atoms with Crippen molar-refractivity contribution >= 4 is 21.7 Å². The third-order valence-corrected chi connectivity index (χ3v) is 6.75. The van der Waals surface area contributed by atoms with Gasteiger partial charge in [0, 0.05) is 25.1 Å². The number of amides is 1. The molecule has 1 saturated heterocycles.